The number of pyridine rings is 1. The Morgan fingerprint density at radius 2 is 1.88 bits per heavy atom. The number of aromatic amines is 1. The van der Waals surface area contributed by atoms with E-state index in [1.807, 2.05) is 6.07 Å². The van der Waals surface area contributed by atoms with Crippen LogP contribution in [0, 0.1) is 31.6 Å². The maximum Gasteiger partial charge on any atom is 0.194 e. The van der Waals surface area contributed by atoms with E-state index in [0.29, 0.717) is 16.9 Å². The Bertz CT molecular complexity index is 939. The van der Waals surface area contributed by atoms with Crippen LogP contribution in [0.2, 0.25) is 0 Å². The molecule has 2 heterocycles. The van der Waals surface area contributed by atoms with Gasteiger partial charge in [0.15, 0.2) is 5.43 Å². The minimum Gasteiger partial charge on any atom is -0.358 e. The summed E-state index contributed by atoms with van der Waals surface area (Å²) >= 11 is 0. The van der Waals surface area contributed by atoms with Crippen molar-refractivity contribution in [2.45, 2.75) is 73.4 Å². The van der Waals surface area contributed by atoms with Crippen molar-refractivity contribution in [3.05, 3.63) is 44.7 Å². The monoisotopic (exact) mass is 352 g/mol. The van der Waals surface area contributed by atoms with Crippen LogP contribution in [-0.4, -0.2) is 22.5 Å². The summed E-state index contributed by atoms with van der Waals surface area (Å²) in [7, 11) is 0. The molecule has 1 aromatic heterocycles. The highest BCUT2D eigenvalue weighted by atomic mass is 16.1. The van der Waals surface area contributed by atoms with Crippen LogP contribution in [0.5, 0.6) is 0 Å². The van der Waals surface area contributed by atoms with Crippen molar-refractivity contribution < 1.29 is 0 Å². The van der Waals surface area contributed by atoms with Crippen LogP contribution in [0.15, 0.2) is 16.9 Å². The molecule has 2 atom stereocenters. The van der Waals surface area contributed by atoms with Gasteiger partial charge in [0.05, 0.1) is 5.52 Å². The Balaban J connectivity index is 1.73. The Morgan fingerprint density at radius 3 is 2.62 bits per heavy atom. The molecule has 1 aliphatic carbocycles. The van der Waals surface area contributed by atoms with Gasteiger partial charge in [0.2, 0.25) is 0 Å². The SMILES string of the molecule is Cc1ccc2c(=O)c(CN3CC4(C)CC3CC(C)(C)C4)c(C)[nH]c2c1C. The summed E-state index contributed by atoms with van der Waals surface area (Å²) in [6.45, 7) is 15.4. The van der Waals surface area contributed by atoms with Gasteiger partial charge in [-0.3, -0.25) is 9.69 Å². The maximum absolute atomic E-state index is 13.3. The number of aryl methyl sites for hydroxylation is 3. The summed E-state index contributed by atoms with van der Waals surface area (Å²) in [5.74, 6) is 0. The van der Waals surface area contributed by atoms with Crippen LogP contribution in [0.3, 0.4) is 0 Å². The second-order valence-corrected chi connectivity index (χ2v) is 10.1. The predicted molar refractivity (Wildman–Crippen MR) is 109 cm³/mol. The summed E-state index contributed by atoms with van der Waals surface area (Å²) in [4.78, 5) is 19.4. The first-order valence-corrected chi connectivity index (χ1v) is 9.94. The van der Waals surface area contributed by atoms with Crippen molar-refractivity contribution in [2.24, 2.45) is 10.8 Å². The third-order valence-corrected chi connectivity index (χ3v) is 6.90. The molecule has 1 saturated heterocycles. The van der Waals surface area contributed by atoms with E-state index >= 15 is 0 Å². The van der Waals surface area contributed by atoms with Crippen LogP contribution < -0.4 is 5.43 Å². The summed E-state index contributed by atoms with van der Waals surface area (Å²) in [6.07, 6.45) is 3.81. The molecule has 4 rings (SSSR count). The highest BCUT2D eigenvalue weighted by molar-refractivity contribution is 5.83. The number of fused-ring (bicyclic) bond motifs is 3. The van der Waals surface area contributed by atoms with Gasteiger partial charge in [0.1, 0.15) is 0 Å². The Morgan fingerprint density at radius 1 is 1.15 bits per heavy atom. The molecule has 1 N–H and O–H groups in total. The van der Waals surface area contributed by atoms with Crippen LogP contribution in [0.25, 0.3) is 10.9 Å². The summed E-state index contributed by atoms with van der Waals surface area (Å²) in [5.41, 5.74) is 6.42. The molecular formula is C23H32N2O. The molecule has 3 heteroatoms. The average Bonchev–Trinajstić information content (AvgIpc) is 2.76. The van der Waals surface area contributed by atoms with E-state index in [-0.39, 0.29) is 5.43 Å². The van der Waals surface area contributed by atoms with Crippen molar-refractivity contribution >= 4 is 10.9 Å². The van der Waals surface area contributed by atoms with E-state index in [9.17, 15) is 4.79 Å². The van der Waals surface area contributed by atoms with Gasteiger partial charge in [-0.15, -0.1) is 0 Å². The number of nitrogens with one attached hydrogen (secondary N) is 1. The van der Waals surface area contributed by atoms with Crippen molar-refractivity contribution in [1.29, 1.82) is 0 Å². The molecule has 3 nitrogen and oxygen atoms in total. The van der Waals surface area contributed by atoms with Gasteiger partial charge in [-0.2, -0.15) is 0 Å². The molecule has 140 valence electrons. The zero-order chi connectivity index (χ0) is 18.9. The van der Waals surface area contributed by atoms with E-state index < -0.39 is 0 Å². The lowest BCUT2D eigenvalue weighted by atomic mass is 9.65. The second kappa shape index (κ2) is 5.69. The van der Waals surface area contributed by atoms with Crippen LogP contribution in [0.4, 0.5) is 0 Å². The molecule has 2 fully saturated rings. The van der Waals surface area contributed by atoms with E-state index in [1.165, 1.54) is 30.4 Å². The zero-order valence-corrected chi connectivity index (χ0v) is 17.1. The first kappa shape index (κ1) is 17.8. The number of benzene rings is 1. The molecule has 26 heavy (non-hydrogen) atoms. The molecule has 1 aromatic carbocycles. The van der Waals surface area contributed by atoms with Gasteiger partial charge >= 0.3 is 0 Å². The standard InChI is InChI=1S/C23H32N2O/c1-14-7-8-18-20(15(14)2)24-16(3)19(21(18)26)11-25-13-23(6)10-17(25)9-22(4,5)12-23/h7-8,17H,9-13H2,1-6H3,(H,24,26). The number of H-pyrrole nitrogens is 1. The van der Waals surface area contributed by atoms with E-state index in [4.69, 9.17) is 0 Å². The molecule has 2 aliphatic rings. The lowest BCUT2D eigenvalue weighted by Crippen LogP contribution is -2.35. The van der Waals surface area contributed by atoms with Crippen LogP contribution >= 0.6 is 0 Å². The van der Waals surface area contributed by atoms with E-state index in [2.05, 4.69) is 57.5 Å². The minimum absolute atomic E-state index is 0.213. The highest BCUT2D eigenvalue weighted by Crippen LogP contribution is 2.52. The number of aromatic nitrogens is 1. The quantitative estimate of drug-likeness (QED) is 0.838. The molecule has 2 aromatic rings. The van der Waals surface area contributed by atoms with Crippen LogP contribution in [0.1, 0.15) is 62.4 Å². The lowest BCUT2D eigenvalue weighted by Gasteiger charge is -2.40. The van der Waals surface area contributed by atoms with Crippen LogP contribution in [-0.2, 0) is 6.54 Å². The number of rotatable bonds is 2. The van der Waals surface area contributed by atoms with Gasteiger partial charge in [0, 0.05) is 35.8 Å². The fourth-order valence-corrected chi connectivity index (χ4v) is 5.92. The minimum atomic E-state index is 0.213. The largest absolute Gasteiger partial charge is 0.358 e. The molecule has 1 aliphatic heterocycles. The van der Waals surface area contributed by atoms with Gasteiger partial charge in [-0.1, -0.05) is 26.8 Å². The fraction of sp³-hybridized carbons (Fsp3) is 0.609. The van der Waals surface area contributed by atoms with Gasteiger partial charge in [-0.05, 0) is 68.1 Å². The zero-order valence-electron chi connectivity index (χ0n) is 17.1. The normalized spacial score (nSPS) is 28.0. The van der Waals surface area contributed by atoms with Gasteiger partial charge in [-0.25, -0.2) is 0 Å². The van der Waals surface area contributed by atoms with Gasteiger partial charge < -0.3 is 4.98 Å². The molecule has 2 unspecified atom stereocenters. The molecule has 0 radical (unpaired) electrons. The lowest BCUT2D eigenvalue weighted by molar-refractivity contribution is 0.126. The number of hydrogen-bond donors (Lipinski definition) is 1. The summed E-state index contributed by atoms with van der Waals surface area (Å²) < 4.78 is 0. The number of nitrogens with zero attached hydrogens (tertiary/aromatic N) is 1. The average molecular weight is 353 g/mol. The van der Waals surface area contributed by atoms with Gasteiger partial charge in [0.25, 0.3) is 0 Å². The smallest absolute Gasteiger partial charge is 0.194 e. The highest BCUT2D eigenvalue weighted by Gasteiger charge is 2.49. The topological polar surface area (TPSA) is 36.1 Å². The molecule has 0 spiro atoms. The van der Waals surface area contributed by atoms with Crippen molar-refractivity contribution in [2.75, 3.05) is 6.54 Å². The first-order chi connectivity index (χ1) is 12.1. The predicted octanol–water partition coefficient (Wildman–Crippen LogP) is 4.85. The molecular weight excluding hydrogens is 320 g/mol. The summed E-state index contributed by atoms with van der Waals surface area (Å²) in [6, 6.07) is 4.67. The Hall–Kier alpha value is -1.61. The molecule has 2 bridgehead atoms. The molecule has 0 amide bonds. The Labute approximate surface area is 156 Å². The number of hydrogen-bond acceptors (Lipinski definition) is 2. The van der Waals surface area contributed by atoms with Crippen molar-refractivity contribution in [3.63, 3.8) is 0 Å². The second-order valence-electron chi connectivity index (χ2n) is 10.1. The maximum atomic E-state index is 13.3. The summed E-state index contributed by atoms with van der Waals surface area (Å²) in [5, 5.41) is 0.836. The third kappa shape index (κ3) is 2.81. The third-order valence-electron chi connectivity index (χ3n) is 6.90. The van der Waals surface area contributed by atoms with Crippen molar-refractivity contribution in [3.8, 4) is 0 Å². The number of likely N-dealkylation sites (tertiary alicyclic amines) is 1. The fourth-order valence-electron chi connectivity index (χ4n) is 5.92. The Kier molecular flexibility index (Phi) is 3.89. The first-order valence-electron chi connectivity index (χ1n) is 9.94. The van der Waals surface area contributed by atoms with E-state index in [1.54, 1.807) is 0 Å². The van der Waals surface area contributed by atoms with Crippen molar-refractivity contribution in [1.82, 2.24) is 9.88 Å². The van der Waals surface area contributed by atoms with E-state index in [0.717, 1.165) is 35.2 Å². The molecule has 1 saturated carbocycles.